The Bertz CT molecular complexity index is 436. The minimum absolute atomic E-state index is 0.0707. The van der Waals surface area contributed by atoms with Crippen molar-refractivity contribution in [2.45, 2.75) is 31.6 Å². The fourth-order valence-corrected chi connectivity index (χ4v) is 1.81. The quantitative estimate of drug-likeness (QED) is 0.853. The maximum Gasteiger partial charge on any atom is 0.303 e. The van der Waals surface area contributed by atoms with Gasteiger partial charge in [0.15, 0.2) is 0 Å². The van der Waals surface area contributed by atoms with Crippen LogP contribution in [0.25, 0.3) is 0 Å². The fraction of sp³-hybridized carbons (Fsp3) is 0.385. The van der Waals surface area contributed by atoms with Gasteiger partial charge in [-0.2, -0.15) is 5.26 Å². The van der Waals surface area contributed by atoms with Crippen molar-refractivity contribution in [2.75, 3.05) is 0 Å². The van der Waals surface area contributed by atoms with E-state index in [0.29, 0.717) is 12.0 Å². The zero-order valence-corrected chi connectivity index (χ0v) is 9.61. The monoisotopic (exact) mass is 235 g/mol. The first-order valence-electron chi connectivity index (χ1n) is 5.43. The average Bonchev–Trinajstić information content (AvgIpc) is 2.32. The Morgan fingerprint density at radius 2 is 2.06 bits per heavy atom. The molecule has 0 aliphatic rings. The van der Waals surface area contributed by atoms with E-state index in [1.54, 1.807) is 12.1 Å². The SMILES string of the molecule is CCC(C#N)(CCC(=O)O)c1ccc(F)cc1. The minimum Gasteiger partial charge on any atom is -0.481 e. The van der Waals surface area contributed by atoms with Crippen LogP contribution in [0.1, 0.15) is 31.7 Å². The molecule has 3 nitrogen and oxygen atoms in total. The summed E-state index contributed by atoms with van der Waals surface area (Å²) in [7, 11) is 0. The number of hydrogen-bond acceptors (Lipinski definition) is 2. The van der Waals surface area contributed by atoms with Crippen LogP contribution in [-0.4, -0.2) is 11.1 Å². The lowest BCUT2D eigenvalue weighted by Gasteiger charge is -2.24. The van der Waals surface area contributed by atoms with Gasteiger partial charge in [-0.05, 0) is 30.5 Å². The van der Waals surface area contributed by atoms with Gasteiger partial charge < -0.3 is 5.11 Å². The third kappa shape index (κ3) is 3.04. The van der Waals surface area contributed by atoms with Crippen molar-refractivity contribution in [3.05, 3.63) is 35.6 Å². The number of rotatable bonds is 5. The lowest BCUT2D eigenvalue weighted by Crippen LogP contribution is -2.24. The molecule has 0 aliphatic carbocycles. The number of nitrogens with zero attached hydrogens (tertiary/aromatic N) is 1. The van der Waals surface area contributed by atoms with Crippen LogP contribution < -0.4 is 0 Å². The van der Waals surface area contributed by atoms with Crippen molar-refractivity contribution in [2.24, 2.45) is 0 Å². The standard InChI is InChI=1S/C13H14FNO2/c1-2-13(9-15,8-7-12(16)17)10-3-5-11(14)6-4-10/h3-6H,2,7-8H2,1H3,(H,16,17). The summed E-state index contributed by atoms with van der Waals surface area (Å²) in [4.78, 5) is 10.6. The molecule has 0 bridgehead atoms. The van der Waals surface area contributed by atoms with E-state index in [1.807, 2.05) is 6.92 Å². The number of hydrogen-bond donors (Lipinski definition) is 1. The second-order valence-corrected chi connectivity index (χ2v) is 3.95. The summed E-state index contributed by atoms with van der Waals surface area (Å²) in [5, 5.41) is 18.0. The van der Waals surface area contributed by atoms with Crippen molar-refractivity contribution in [3.8, 4) is 6.07 Å². The normalized spacial score (nSPS) is 13.7. The Morgan fingerprint density at radius 1 is 1.47 bits per heavy atom. The predicted molar refractivity (Wildman–Crippen MR) is 60.9 cm³/mol. The maximum atomic E-state index is 12.8. The third-order valence-corrected chi connectivity index (χ3v) is 2.98. The van der Waals surface area contributed by atoms with Gasteiger partial charge in [-0.3, -0.25) is 4.79 Å². The van der Waals surface area contributed by atoms with Crippen LogP contribution in [0.2, 0.25) is 0 Å². The Balaban J connectivity index is 3.03. The van der Waals surface area contributed by atoms with Crippen molar-refractivity contribution >= 4 is 5.97 Å². The Labute approximate surface area is 99.5 Å². The Morgan fingerprint density at radius 3 is 2.47 bits per heavy atom. The molecule has 0 amide bonds. The molecule has 1 atom stereocenters. The maximum absolute atomic E-state index is 12.8. The van der Waals surface area contributed by atoms with E-state index in [4.69, 9.17) is 5.11 Å². The largest absolute Gasteiger partial charge is 0.481 e. The Hall–Kier alpha value is -1.89. The number of carboxylic acids is 1. The second-order valence-electron chi connectivity index (χ2n) is 3.95. The lowest BCUT2D eigenvalue weighted by atomic mass is 9.76. The summed E-state index contributed by atoms with van der Waals surface area (Å²) < 4.78 is 12.8. The molecule has 0 radical (unpaired) electrons. The van der Waals surface area contributed by atoms with E-state index >= 15 is 0 Å². The molecule has 1 unspecified atom stereocenters. The second kappa shape index (κ2) is 5.44. The molecule has 0 heterocycles. The zero-order chi connectivity index (χ0) is 12.9. The minimum atomic E-state index is -0.930. The van der Waals surface area contributed by atoms with E-state index in [9.17, 15) is 14.4 Å². The Kier molecular flexibility index (Phi) is 4.22. The first-order valence-corrected chi connectivity index (χ1v) is 5.43. The molecule has 1 aromatic rings. The van der Waals surface area contributed by atoms with Crippen molar-refractivity contribution in [3.63, 3.8) is 0 Å². The molecule has 0 aromatic heterocycles. The van der Waals surface area contributed by atoms with Crippen molar-refractivity contribution < 1.29 is 14.3 Å². The summed E-state index contributed by atoms with van der Waals surface area (Å²) in [6.07, 6.45) is 0.669. The summed E-state index contributed by atoms with van der Waals surface area (Å²) in [5.74, 6) is -1.30. The molecule has 1 aromatic carbocycles. The molecule has 90 valence electrons. The lowest BCUT2D eigenvalue weighted by molar-refractivity contribution is -0.137. The van der Waals surface area contributed by atoms with Gasteiger partial charge in [-0.1, -0.05) is 19.1 Å². The van der Waals surface area contributed by atoms with Crippen molar-refractivity contribution in [1.82, 2.24) is 0 Å². The van der Waals surface area contributed by atoms with Crippen LogP contribution in [0, 0.1) is 17.1 Å². The van der Waals surface area contributed by atoms with Gasteiger partial charge in [0.1, 0.15) is 5.82 Å². The number of benzene rings is 1. The number of carboxylic acid groups (broad SMARTS) is 1. The summed E-state index contributed by atoms with van der Waals surface area (Å²) in [5.41, 5.74) is -0.170. The van der Waals surface area contributed by atoms with E-state index in [-0.39, 0.29) is 18.7 Å². The van der Waals surface area contributed by atoms with Gasteiger partial charge in [0.2, 0.25) is 0 Å². The highest BCUT2D eigenvalue weighted by Gasteiger charge is 2.30. The highest BCUT2D eigenvalue weighted by atomic mass is 19.1. The molecular weight excluding hydrogens is 221 g/mol. The third-order valence-electron chi connectivity index (χ3n) is 2.98. The van der Waals surface area contributed by atoms with E-state index in [2.05, 4.69) is 6.07 Å². The molecule has 0 fully saturated rings. The zero-order valence-electron chi connectivity index (χ0n) is 9.61. The molecule has 0 aliphatic heterocycles. The van der Waals surface area contributed by atoms with Crippen LogP contribution >= 0.6 is 0 Å². The molecule has 17 heavy (non-hydrogen) atoms. The predicted octanol–water partition coefficient (Wildman–Crippen LogP) is 2.86. The first kappa shape index (κ1) is 13.2. The molecule has 4 heteroatoms. The van der Waals surface area contributed by atoms with Crippen LogP contribution in [0.15, 0.2) is 24.3 Å². The highest BCUT2D eigenvalue weighted by molar-refractivity contribution is 5.67. The van der Waals surface area contributed by atoms with Crippen LogP contribution in [0.5, 0.6) is 0 Å². The van der Waals surface area contributed by atoms with Gasteiger partial charge in [0.05, 0.1) is 11.5 Å². The number of nitriles is 1. The molecule has 1 N–H and O–H groups in total. The van der Waals surface area contributed by atoms with Gasteiger partial charge in [0, 0.05) is 6.42 Å². The number of halogens is 1. The summed E-state index contributed by atoms with van der Waals surface area (Å²) in [6.45, 7) is 1.83. The molecule has 0 saturated carbocycles. The van der Waals surface area contributed by atoms with Crippen molar-refractivity contribution in [1.29, 1.82) is 5.26 Å². The highest BCUT2D eigenvalue weighted by Crippen LogP contribution is 2.32. The van der Waals surface area contributed by atoms with Crippen LogP contribution in [0.4, 0.5) is 4.39 Å². The van der Waals surface area contributed by atoms with Crippen LogP contribution in [-0.2, 0) is 10.2 Å². The summed E-state index contributed by atoms with van der Waals surface area (Å²) >= 11 is 0. The smallest absolute Gasteiger partial charge is 0.303 e. The van der Waals surface area contributed by atoms with Gasteiger partial charge in [-0.15, -0.1) is 0 Å². The number of carbonyl (C=O) groups is 1. The van der Waals surface area contributed by atoms with Gasteiger partial charge in [0.25, 0.3) is 0 Å². The topological polar surface area (TPSA) is 61.1 Å². The summed E-state index contributed by atoms with van der Waals surface area (Å²) in [6, 6.07) is 7.84. The van der Waals surface area contributed by atoms with E-state index < -0.39 is 11.4 Å². The van der Waals surface area contributed by atoms with Gasteiger partial charge in [-0.25, -0.2) is 4.39 Å². The van der Waals surface area contributed by atoms with E-state index in [1.165, 1.54) is 12.1 Å². The molecule has 1 rings (SSSR count). The van der Waals surface area contributed by atoms with E-state index in [0.717, 1.165) is 0 Å². The molecule has 0 spiro atoms. The molecule has 0 saturated heterocycles. The first-order chi connectivity index (χ1) is 8.04. The number of aliphatic carboxylic acids is 1. The molecular formula is C13H14FNO2. The fourth-order valence-electron chi connectivity index (χ4n) is 1.81. The average molecular weight is 235 g/mol. The van der Waals surface area contributed by atoms with Gasteiger partial charge >= 0.3 is 5.97 Å². The van der Waals surface area contributed by atoms with Crippen LogP contribution in [0.3, 0.4) is 0 Å².